The Morgan fingerprint density at radius 1 is 1.43 bits per heavy atom. The maximum Gasteiger partial charge on any atom is 0.0907 e. The Hall–Kier alpha value is -0.680. The monoisotopic (exact) mass is 325 g/mol. The molecule has 1 atom stereocenters. The molecular weight excluding hydrogens is 302 g/mol. The van der Waals surface area contributed by atoms with E-state index >= 15 is 0 Å². The van der Waals surface area contributed by atoms with Crippen molar-refractivity contribution in [2.45, 2.75) is 39.3 Å². The first kappa shape index (κ1) is 16.7. The number of rotatable bonds is 4. The fourth-order valence-corrected chi connectivity index (χ4v) is 3.94. The molecule has 2 aromatic rings. The minimum absolute atomic E-state index is 0. The van der Waals surface area contributed by atoms with Gasteiger partial charge in [-0.25, -0.2) is 4.98 Å². The molecule has 1 aromatic heterocycles. The lowest BCUT2D eigenvalue weighted by Gasteiger charge is -2.36. The summed E-state index contributed by atoms with van der Waals surface area (Å²) in [7, 11) is 0. The predicted octanol–water partition coefficient (Wildman–Crippen LogP) is 3.60. The minimum atomic E-state index is 0. The Balaban J connectivity index is 0.00000161. The van der Waals surface area contributed by atoms with Gasteiger partial charge in [0.15, 0.2) is 0 Å². The van der Waals surface area contributed by atoms with E-state index in [-0.39, 0.29) is 12.4 Å². The Kier molecular flexibility index (Phi) is 5.99. The molecule has 5 heteroatoms. The second-order valence-electron chi connectivity index (χ2n) is 5.65. The molecule has 1 aliphatic rings. The molecule has 1 aromatic carbocycles. The van der Waals surface area contributed by atoms with Gasteiger partial charge in [0.1, 0.15) is 0 Å². The summed E-state index contributed by atoms with van der Waals surface area (Å²) >= 11 is 1.80. The standard InChI is InChI=1S/C16H23N3S.ClH/c1-3-4-14-10-17-7-8-19(14)11-13-5-6-15-16(9-13)20-12(2)18-15;/h5-6,9,14,17H,3-4,7-8,10-11H2,1-2H3;1H. The quantitative estimate of drug-likeness (QED) is 0.931. The number of aromatic nitrogens is 1. The Labute approximate surface area is 137 Å². The molecule has 0 spiro atoms. The van der Waals surface area contributed by atoms with E-state index in [0.717, 1.165) is 36.7 Å². The van der Waals surface area contributed by atoms with Crippen molar-refractivity contribution in [2.24, 2.45) is 0 Å². The van der Waals surface area contributed by atoms with Crippen molar-refractivity contribution in [1.29, 1.82) is 0 Å². The van der Waals surface area contributed by atoms with E-state index < -0.39 is 0 Å². The van der Waals surface area contributed by atoms with Crippen molar-refractivity contribution < 1.29 is 0 Å². The number of nitrogens with one attached hydrogen (secondary N) is 1. The molecule has 2 heterocycles. The van der Waals surface area contributed by atoms with Crippen LogP contribution in [0.2, 0.25) is 0 Å². The van der Waals surface area contributed by atoms with Gasteiger partial charge < -0.3 is 5.32 Å². The molecule has 3 nitrogen and oxygen atoms in total. The lowest BCUT2D eigenvalue weighted by Crippen LogP contribution is -2.50. The normalized spacial score (nSPS) is 19.6. The van der Waals surface area contributed by atoms with Gasteiger partial charge in [0, 0.05) is 32.2 Å². The highest BCUT2D eigenvalue weighted by atomic mass is 35.5. The predicted molar refractivity (Wildman–Crippen MR) is 93.6 cm³/mol. The first-order valence-corrected chi connectivity index (χ1v) is 8.38. The summed E-state index contributed by atoms with van der Waals surface area (Å²) in [6, 6.07) is 7.43. The van der Waals surface area contributed by atoms with Crippen LogP contribution in [0.4, 0.5) is 0 Å². The van der Waals surface area contributed by atoms with Crippen molar-refractivity contribution >= 4 is 34.0 Å². The van der Waals surface area contributed by atoms with Gasteiger partial charge in [-0.3, -0.25) is 4.90 Å². The number of aryl methyl sites for hydroxylation is 1. The highest BCUT2D eigenvalue weighted by Gasteiger charge is 2.21. The number of fused-ring (bicyclic) bond motifs is 1. The van der Waals surface area contributed by atoms with Crippen molar-refractivity contribution in [1.82, 2.24) is 15.2 Å². The molecule has 0 saturated carbocycles. The van der Waals surface area contributed by atoms with Crippen molar-refractivity contribution in [3.63, 3.8) is 0 Å². The molecule has 21 heavy (non-hydrogen) atoms. The molecule has 3 rings (SSSR count). The van der Waals surface area contributed by atoms with Crippen molar-refractivity contribution in [3.05, 3.63) is 28.8 Å². The maximum atomic E-state index is 4.54. The molecule has 0 amide bonds. The number of benzene rings is 1. The highest BCUT2D eigenvalue weighted by Crippen LogP contribution is 2.24. The van der Waals surface area contributed by atoms with Crippen LogP contribution in [0.5, 0.6) is 0 Å². The molecular formula is C16H24ClN3S. The third-order valence-corrected chi connectivity index (χ3v) is 4.97. The second kappa shape index (κ2) is 7.54. The Morgan fingerprint density at radius 3 is 3.10 bits per heavy atom. The van der Waals surface area contributed by atoms with Gasteiger partial charge in [-0.1, -0.05) is 19.4 Å². The van der Waals surface area contributed by atoms with Crippen LogP contribution in [-0.2, 0) is 6.54 Å². The van der Waals surface area contributed by atoms with Crippen LogP contribution >= 0.6 is 23.7 Å². The van der Waals surface area contributed by atoms with Crippen molar-refractivity contribution in [2.75, 3.05) is 19.6 Å². The molecule has 0 radical (unpaired) electrons. The van der Waals surface area contributed by atoms with Gasteiger partial charge in [-0.15, -0.1) is 23.7 Å². The van der Waals surface area contributed by atoms with E-state index in [4.69, 9.17) is 0 Å². The smallest absolute Gasteiger partial charge is 0.0907 e. The van der Waals surface area contributed by atoms with Crippen molar-refractivity contribution in [3.8, 4) is 0 Å². The van der Waals surface area contributed by atoms with E-state index in [1.165, 1.54) is 23.1 Å². The summed E-state index contributed by atoms with van der Waals surface area (Å²) in [4.78, 5) is 7.17. The molecule has 1 fully saturated rings. The zero-order valence-corrected chi connectivity index (χ0v) is 14.4. The summed E-state index contributed by atoms with van der Waals surface area (Å²) in [5.74, 6) is 0. The fraction of sp³-hybridized carbons (Fsp3) is 0.562. The van der Waals surface area contributed by atoms with E-state index in [0.29, 0.717) is 6.04 Å². The lowest BCUT2D eigenvalue weighted by molar-refractivity contribution is 0.144. The Morgan fingerprint density at radius 2 is 2.29 bits per heavy atom. The average molecular weight is 326 g/mol. The van der Waals surface area contributed by atoms with Crippen LogP contribution in [0.25, 0.3) is 10.2 Å². The average Bonchev–Trinajstić information content (AvgIpc) is 2.81. The zero-order chi connectivity index (χ0) is 13.9. The summed E-state index contributed by atoms with van der Waals surface area (Å²) < 4.78 is 1.32. The molecule has 1 aliphatic heterocycles. The van der Waals surface area contributed by atoms with E-state index in [1.807, 2.05) is 0 Å². The summed E-state index contributed by atoms with van der Waals surface area (Å²) in [5, 5.41) is 4.67. The van der Waals surface area contributed by atoms with Crippen LogP contribution in [0.1, 0.15) is 30.3 Å². The number of hydrogen-bond acceptors (Lipinski definition) is 4. The van der Waals surface area contributed by atoms with E-state index in [1.54, 1.807) is 11.3 Å². The third kappa shape index (κ3) is 3.95. The SMILES string of the molecule is CCCC1CNCCN1Cc1ccc2nc(C)sc2c1.Cl. The highest BCUT2D eigenvalue weighted by molar-refractivity contribution is 7.18. The van der Waals surface area contributed by atoms with Gasteiger partial charge in [-0.05, 0) is 31.0 Å². The van der Waals surface area contributed by atoms with E-state index in [9.17, 15) is 0 Å². The topological polar surface area (TPSA) is 28.2 Å². The first-order chi connectivity index (χ1) is 9.76. The summed E-state index contributed by atoms with van der Waals surface area (Å²) in [5.41, 5.74) is 2.56. The molecule has 1 saturated heterocycles. The van der Waals surface area contributed by atoms with Gasteiger partial charge in [-0.2, -0.15) is 0 Å². The van der Waals surface area contributed by atoms with Crippen LogP contribution in [0, 0.1) is 6.92 Å². The van der Waals surface area contributed by atoms with Gasteiger partial charge in [0.05, 0.1) is 15.2 Å². The number of halogens is 1. The molecule has 1 N–H and O–H groups in total. The number of piperazine rings is 1. The maximum absolute atomic E-state index is 4.54. The number of thiazole rings is 1. The van der Waals surface area contributed by atoms with E-state index in [2.05, 4.69) is 47.2 Å². The second-order valence-corrected chi connectivity index (χ2v) is 6.89. The van der Waals surface area contributed by atoms with Crippen LogP contribution in [-0.4, -0.2) is 35.6 Å². The zero-order valence-electron chi connectivity index (χ0n) is 12.8. The molecule has 0 bridgehead atoms. The number of hydrogen-bond donors (Lipinski definition) is 1. The van der Waals surface area contributed by atoms with Gasteiger partial charge in [0.2, 0.25) is 0 Å². The molecule has 1 unspecified atom stereocenters. The Bertz CT molecular complexity index is 582. The molecule has 0 aliphatic carbocycles. The largest absolute Gasteiger partial charge is 0.314 e. The first-order valence-electron chi connectivity index (χ1n) is 7.57. The fourth-order valence-electron chi connectivity index (χ4n) is 3.05. The number of nitrogens with zero attached hydrogens (tertiary/aromatic N) is 2. The van der Waals surface area contributed by atoms with Crippen LogP contribution in [0.15, 0.2) is 18.2 Å². The molecule has 116 valence electrons. The van der Waals surface area contributed by atoms with Gasteiger partial charge in [0.25, 0.3) is 0 Å². The third-order valence-electron chi connectivity index (χ3n) is 4.04. The van der Waals surface area contributed by atoms with Crippen LogP contribution in [0.3, 0.4) is 0 Å². The summed E-state index contributed by atoms with van der Waals surface area (Å²) in [6.45, 7) is 8.83. The van der Waals surface area contributed by atoms with Crippen LogP contribution < -0.4 is 5.32 Å². The lowest BCUT2D eigenvalue weighted by atomic mass is 10.1. The summed E-state index contributed by atoms with van der Waals surface area (Å²) in [6.07, 6.45) is 2.55. The minimum Gasteiger partial charge on any atom is -0.314 e. The van der Waals surface area contributed by atoms with Gasteiger partial charge >= 0.3 is 0 Å².